The van der Waals surface area contributed by atoms with Gasteiger partial charge in [-0.05, 0) is 44.0 Å². The number of aromatic nitrogens is 2. The smallest absolute Gasteiger partial charge is 0.325 e. The van der Waals surface area contributed by atoms with Crippen molar-refractivity contribution in [1.29, 1.82) is 0 Å². The van der Waals surface area contributed by atoms with Gasteiger partial charge in [0.25, 0.3) is 0 Å². The number of carbonyl (C=O) groups is 2. The predicted molar refractivity (Wildman–Crippen MR) is 92.4 cm³/mol. The molecule has 1 amide bonds. The largest absolute Gasteiger partial charge is 0.468 e. The summed E-state index contributed by atoms with van der Waals surface area (Å²) in [7, 11) is 1.33. The zero-order valence-corrected chi connectivity index (χ0v) is 15.1. The Morgan fingerprint density at radius 3 is 2.60 bits per heavy atom. The normalized spacial score (nSPS) is 11.9. The number of benzene rings is 1. The van der Waals surface area contributed by atoms with Crippen LogP contribution in [0.4, 0.5) is 0 Å². The van der Waals surface area contributed by atoms with Gasteiger partial charge in [-0.1, -0.05) is 16.5 Å². The van der Waals surface area contributed by atoms with Gasteiger partial charge in [0.1, 0.15) is 12.3 Å². The number of thiazole rings is 1. The first kappa shape index (κ1) is 17.1. The average Bonchev–Trinajstić information content (AvgIpc) is 3.13. The zero-order valence-electron chi connectivity index (χ0n) is 14.3. The molecule has 0 fully saturated rings. The summed E-state index contributed by atoms with van der Waals surface area (Å²) in [6.07, 6.45) is 0. The van der Waals surface area contributed by atoms with Crippen LogP contribution in [0.2, 0.25) is 0 Å². The molecule has 3 rings (SSSR count). The summed E-state index contributed by atoms with van der Waals surface area (Å²) in [5.74, 6) is -0.400. The summed E-state index contributed by atoms with van der Waals surface area (Å²) < 4.78 is 12.3. The maximum Gasteiger partial charge on any atom is 0.325 e. The summed E-state index contributed by atoms with van der Waals surface area (Å²) in [5, 5.41) is 3.69. The van der Waals surface area contributed by atoms with Crippen molar-refractivity contribution in [2.24, 2.45) is 4.99 Å². The monoisotopic (exact) mass is 359 g/mol. The second-order valence-corrected chi connectivity index (χ2v) is 6.70. The fraction of sp³-hybridized carbons (Fsp3) is 0.294. The number of methoxy groups -OCH3 is 1. The zero-order chi connectivity index (χ0) is 18.1. The third-order valence-electron chi connectivity index (χ3n) is 3.86. The van der Waals surface area contributed by atoms with Crippen LogP contribution in [0.25, 0.3) is 10.2 Å². The van der Waals surface area contributed by atoms with Crippen molar-refractivity contribution in [3.8, 4) is 0 Å². The number of rotatable bonds is 3. The summed E-state index contributed by atoms with van der Waals surface area (Å²) in [5.41, 5.74) is 3.19. The van der Waals surface area contributed by atoms with Gasteiger partial charge in [0, 0.05) is 6.07 Å². The maximum atomic E-state index is 12.3. The van der Waals surface area contributed by atoms with Crippen molar-refractivity contribution >= 4 is 33.4 Å². The van der Waals surface area contributed by atoms with Crippen molar-refractivity contribution in [2.75, 3.05) is 7.11 Å². The molecule has 2 heterocycles. The van der Waals surface area contributed by atoms with Gasteiger partial charge in [0.05, 0.1) is 17.3 Å². The van der Waals surface area contributed by atoms with Crippen LogP contribution in [0.5, 0.6) is 0 Å². The van der Waals surface area contributed by atoms with Gasteiger partial charge < -0.3 is 13.8 Å². The number of nitrogens with zero attached hydrogens (tertiary/aromatic N) is 3. The Morgan fingerprint density at radius 2 is 1.96 bits per heavy atom. The average molecular weight is 359 g/mol. The first-order chi connectivity index (χ1) is 11.9. The summed E-state index contributed by atoms with van der Waals surface area (Å²) >= 11 is 1.34. The van der Waals surface area contributed by atoms with E-state index in [0.29, 0.717) is 10.6 Å². The Morgan fingerprint density at radius 1 is 1.24 bits per heavy atom. The third kappa shape index (κ3) is 3.39. The Labute approximate surface area is 147 Å². The first-order valence-electron chi connectivity index (χ1n) is 7.59. The first-order valence-corrected chi connectivity index (χ1v) is 8.40. The van der Waals surface area contributed by atoms with Gasteiger partial charge in [-0.15, -0.1) is 0 Å². The van der Waals surface area contributed by atoms with Crippen LogP contribution in [0.1, 0.15) is 27.4 Å². The van der Waals surface area contributed by atoms with Crippen molar-refractivity contribution in [2.45, 2.75) is 27.3 Å². The fourth-order valence-corrected chi connectivity index (χ4v) is 3.47. The van der Waals surface area contributed by atoms with Gasteiger partial charge in [-0.25, -0.2) is 0 Å². The van der Waals surface area contributed by atoms with Crippen molar-refractivity contribution in [3.05, 3.63) is 45.6 Å². The van der Waals surface area contributed by atoms with E-state index in [-0.39, 0.29) is 12.2 Å². The molecule has 0 saturated carbocycles. The van der Waals surface area contributed by atoms with E-state index in [9.17, 15) is 9.59 Å². The minimum atomic E-state index is -0.518. The Hall–Kier alpha value is -2.74. The minimum absolute atomic E-state index is 0.0248. The second-order valence-electron chi connectivity index (χ2n) is 5.69. The molecule has 130 valence electrons. The van der Waals surface area contributed by atoms with E-state index in [1.807, 2.05) is 26.0 Å². The molecule has 7 nitrogen and oxygen atoms in total. The summed E-state index contributed by atoms with van der Waals surface area (Å²) in [6, 6.07) is 5.53. The number of hydrogen-bond donors (Lipinski definition) is 0. The highest BCUT2D eigenvalue weighted by Crippen LogP contribution is 2.22. The van der Waals surface area contributed by atoms with E-state index in [4.69, 9.17) is 9.26 Å². The van der Waals surface area contributed by atoms with Gasteiger partial charge in [-0.3, -0.25) is 9.59 Å². The molecule has 0 bridgehead atoms. The maximum absolute atomic E-state index is 12.3. The number of hydrogen-bond acceptors (Lipinski definition) is 6. The molecule has 0 atom stereocenters. The van der Waals surface area contributed by atoms with E-state index in [1.165, 1.54) is 24.5 Å². The molecule has 0 N–H and O–H groups in total. The number of amides is 1. The molecule has 8 heteroatoms. The number of aryl methyl sites for hydroxylation is 3. The molecular weight excluding hydrogens is 342 g/mol. The van der Waals surface area contributed by atoms with Crippen LogP contribution in [-0.2, 0) is 16.1 Å². The molecule has 0 radical (unpaired) electrons. The number of esters is 1. The topological polar surface area (TPSA) is 86.7 Å². The van der Waals surface area contributed by atoms with E-state index in [0.717, 1.165) is 21.3 Å². The van der Waals surface area contributed by atoms with E-state index in [2.05, 4.69) is 10.1 Å². The summed E-state index contributed by atoms with van der Waals surface area (Å²) in [4.78, 5) is 28.7. The SMILES string of the molecule is COC(=O)Cn1c(=NC(=O)c2cc(C)on2)sc2cc(C)c(C)cc21. The molecule has 0 saturated heterocycles. The lowest BCUT2D eigenvalue weighted by Crippen LogP contribution is -2.22. The fourth-order valence-electron chi connectivity index (χ4n) is 2.36. The van der Waals surface area contributed by atoms with Crippen LogP contribution in [-0.4, -0.2) is 28.7 Å². The molecule has 0 spiro atoms. The molecule has 0 aliphatic heterocycles. The van der Waals surface area contributed by atoms with Gasteiger partial charge in [-0.2, -0.15) is 4.99 Å². The number of fused-ring (bicyclic) bond motifs is 1. The lowest BCUT2D eigenvalue weighted by Gasteiger charge is -2.05. The second kappa shape index (κ2) is 6.64. The predicted octanol–water partition coefficient (Wildman–Crippen LogP) is 2.53. The van der Waals surface area contributed by atoms with Gasteiger partial charge in [0.2, 0.25) is 0 Å². The minimum Gasteiger partial charge on any atom is -0.468 e. The van der Waals surface area contributed by atoms with Crippen LogP contribution >= 0.6 is 11.3 Å². The quantitative estimate of drug-likeness (QED) is 0.671. The van der Waals surface area contributed by atoms with Crippen molar-refractivity contribution in [1.82, 2.24) is 9.72 Å². The molecule has 0 aliphatic rings. The highest BCUT2D eigenvalue weighted by molar-refractivity contribution is 7.16. The van der Waals surface area contributed by atoms with Crippen molar-refractivity contribution in [3.63, 3.8) is 0 Å². The Kier molecular flexibility index (Phi) is 4.54. The standard InChI is InChI=1S/C17H17N3O4S/c1-9-5-13-14(6-10(9)2)25-17(20(13)8-15(21)23-4)18-16(22)12-7-11(3)24-19-12/h5-7H,8H2,1-4H3. The van der Waals surface area contributed by atoms with E-state index >= 15 is 0 Å². The third-order valence-corrected chi connectivity index (χ3v) is 4.90. The van der Waals surface area contributed by atoms with Crippen LogP contribution in [0.15, 0.2) is 27.7 Å². The van der Waals surface area contributed by atoms with Gasteiger partial charge in [0.15, 0.2) is 10.5 Å². The Bertz CT molecular complexity index is 1040. The molecule has 25 heavy (non-hydrogen) atoms. The molecular formula is C17H17N3O4S. The Balaban J connectivity index is 2.18. The van der Waals surface area contributed by atoms with Crippen molar-refractivity contribution < 1.29 is 18.8 Å². The molecule has 2 aromatic heterocycles. The molecule has 0 aliphatic carbocycles. The van der Waals surface area contributed by atoms with Crippen LogP contribution in [0.3, 0.4) is 0 Å². The van der Waals surface area contributed by atoms with Gasteiger partial charge >= 0.3 is 11.9 Å². The van der Waals surface area contributed by atoms with Crippen LogP contribution < -0.4 is 4.80 Å². The lowest BCUT2D eigenvalue weighted by molar-refractivity contribution is -0.141. The molecule has 1 aromatic carbocycles. The number of carbonyl (C=O) groups excluding carboxylic acids is 2. The lowest BCUT2D eigenvalue weighted by atomic mass is 10.1. The van der Waals surface area contributed by atoms with Crippen LogP contribution in [0, 0.1) is 20.8 Å². The van der Waals surface area contributed by atoms with E-state index in [1.54, 1.807) is 11.5 Å². The highest BCUT2D eigenvalue weighted by Gasteiger charge is 2.15. The van der Waals surface area contributed by atoms with E-state index < -0.39 is 11.9 Å². The molecule has 3 aromatic rings. The highest BCUT2D eigenvalue weighted by atomic mass is 32.1. The molecule has 0 unspecified atom stereocenters. The summed E-state index contributed by atoms with van der Waals surface area (Å²) in [6.45, 7) is 5.68. The number of ether oxygens (including phenoxy) is 1.